The number of nitrogens with zero attached hydrogens (tertiary/aromatic N) is 3. The molecular formula is C22H27N3O2S2. The largest absolute Gasteiger partial charge is 0.497 e. The number of likely N-dealkylation sites (N-methyl/N-ethyl adjacent to an activating group) is 1. The molecule has 5 nitrogen and oxygen atoms in total. The van der Waals surface area contributed by atoms with E-state index < -0.39 is 0 Å². The van der Waals surface area contributed by atoms with Crippen molar-refractivity contribution in [1.82, 2.24) is 9.88 Å². The van der Waals surface area contributed by atoms with Crippen LogP contribution in [0.3, 0.4) is 0 Å². The van der Waals surface area contributed by atoms with Crippen molar-refractivity contribution in [2.75, 3.05) is 44.4 Å². The summed E-state index contributed by atoms with van der Waals surface area (Å²) in [6.45, 7) is 7.60. The van der Waals surface area contributed by atoms with Crippen LogP contribution in [0.4, 0.5) is 5.13 Å². The summed E-state index contributed by atoms with van der Waals surface area (Å²) >= 11 is 3.28. The minimum atomic E-state index is -0.0380. The van der Waals surface area contributed by atoms with E-state index in [1.54, 1.807) is 30.2 Å². The number of ether oxygens (including phenoxy) is 1. The molecule has 0 radical (unpaired) electrons. The Morgan fingerprint density at radius 3 is 2.45 bits per heavy atom. The first-order chi connectivity index (χ1) is 14.1. The van der Waals surface area contributed by atoms with Crippen molar-refractivity contribution >= 4 is 44.4 Å². The Hall–Kier alpha value is -2.09. The lowest BCUT2D eigenvalue weighted by atomic mass is 10.2. The zero-order valence-electron chi connectivity index (χ0n) is 17.3. The molecule has 1 heterocycles. The van der Waals surface area contributed by atoms with Crippen LogP contribution in [0.15, 0.2) is 47.4 Å². The second-order valence-electron chi connectivity index (χ2n) is 6.54. The van der Waals surface area contributed by atoms with Crippen LogP contribution in [0.5, 0.6) is 5.75 Å². The van der Waals surface area contributed by atoms with Crippen molar-refractivity contribution in [2.24, 2.45) is 0 Å². The van der Waals surface area contributed by atoms with Crippen LogP contribution in [0.25, 0.3) is 10.2 Å². The van der Waals surface area contributed by atoms with Gasteiger partial charge in [0.15, 0.2) is 5.13 Å². The van der Waals surface area contributed by atoms with Gasteiger partial charge in [-0.2, -0.15) is 0 Å². The Labute approximate surface area is 180 Å². The minimum Gasteiger partial charge on any atom is -0.497 e. The highest BCUT2D eigenvalue weighted by Gasteiger charge is 2.22. The van der Waals surface area contributed by atoms with Crippen molar-refractivity contribution in [2.45, 2.75) is 18.7 Å². The maximum absolute atomic E-state index is 13.4. The van der Waals surface area contributed by atoms with Gasteiger partial charge in [-0.3, -0.25) is 9.69 Å². The monoisotopic (exact) mass is 429 g/mol. The van der Waals surface area contributed by atoms with Crippen LogP contribution in [0.1, 0.15) is 24.2 Å². The topological polar surface area (TPSA) is 45.7 Å². The first-order valence-electron chi connectivity index (χ1n) is 9.72. The number of carbonyl (C=O) groups is 1. The van der Waals surface area contributed by atoms with Crippen molar-refractivity contribution < 1.29 is 9.53 Å². The van der Waals surface area contributed by atoms with Crippen molar-refractivity contribution in [3.63, 3.8) is 0 Å². The zero-order valence-corrected chi connectivity index (χ0v) is 19.0. The third-order valence-electron chi connectivity index (χ3n) is 4.93. The van der Waals surface area contributed by atoms with Gasteiger partial charge in [0, 0.05) is 23.5 Å². The van der Waals surface area contributed by atoms with Gasteiger partial charge in [0.2, 0.25) is 0 Å². The number of anilines is 1. The Morgan fingerprint density at radius 2 is 1.83 bits per heavy atom. The minimum absolute atomic E-state index is 0.0380. The quantitative estimate of drug-likeness (QED) is 0.447. The fourth-order valence-electron chi connectivity index (χ4n) is 3.09. The molecular weight excluding hydrogens is 402 g/mol. The summed E-state index contributed by atoms with van der Waals surface area (Å²) in [6, 6.07) is 13.5. The normalized spacial score (nSPS) is 11.2. The molecule has 0 N–H and O–H groups in total. The van der Waals surface area contributed by atoms with Crippen LogP contribution in [-0.4, -0.2) is 55.3 Å². The van der Waals surface area contributed by atoms with Gasteiger partial charge in [0.05, 0.1) is 17.3 Å². The van der Waals surface area contributed by atoms with Gasteiger partial charge >= 0.3 is 0 Å². The average molecular weight is 430 g/mol. The molecule has 2 aromatic carbocycles. The molecule has 0 saturated carbocycles. The molecule has 7 heteroatoms. The van der Waals surface area contributed by atoms with E-state index in [4.69, 9.17) is 9.72 Å². The summed E-state index contributed by atoms with van der Waals surface area (Å²) in [5.74, 6) is 0.699. The number of thiazole rings is 1. The van der Waals surface area contributed by atoms with Gasteiger partial charge < -0.3 is 9.64 Å². The zero-order chi connectivity index (χ0) is 20.8. The SMILES string of the molecule is CCN(CC)CCN(C(=O)c1ccc(OC)cc1)c1nc2ccc(SC)cc2s1. The molecule has 0 spiro atoms. The second kappa shape index (κ2) is 10.1. The number of aromatic nitrogens is 1. The van der Waals surface area contributed by atoms with E-state index in [2.05, 4.69) is 37.1 Å². The molecule has 0 unspecified atom stereocenters. The van der Waals surface area contributed by atoms with E-state index in [9.17, 15) is 4.79 Å². The van der Waals surface area contributed by atoms with Gasteiger partial charge in [0.25, 0.3) is 5.91 Å². The molecule has 0 aliphatic rings. The maximum atomic E-state index is 13.4. The molecule has 1 aromatic heterocycles. The summed E-state index contributed by atoms with van der Waals surface area (Å²) in [5.41, 5.74) is 1.56. The summed E-state index contributed by atoms with van der Waals surface area (Å²) in [7, 11) is 1.62. The first kappa shape index (κ1) is 21.6. The van der Waals surface area contributed by atoms with Crippen molar-refractivity contribution in [1.29, 1.82) is 0 Å². The van der Waals surface area contributed by atoms with Gasteiger partial charge in [-0.15, -0.1) is 11.8 Å². The molecule has 0 bridgehead atoms. The van der Waals surface area contributed by atoms with E-state index in [1.807, 2.05) is 35.2 Å². The number of thioether (sulfide) groups is 1. The summed E-state index contributed by atoms with van der Waals surface area (Å²) in [4.78, 5) is 23.5. The molecule has 0 aliphatic carbocycles. The number of rotatable bonds is 9. The van der Waals surface area contributed by atoms with Crippen LogP contribution in [-0.2, 0) is 0 Å². The fraction of sp³-hybridized carbons (Fsp3) is 0.364. The van der Waals surface area contributed by atoms with Crippen molar-refractivity contribution in [3.05, 3.63) is 48.0 Å². The summed E-state index contributed by atoms with van der Waals surface area (Å²) in [5, 5.41) is 0.742. The molecule has 154 valence electrons. The Balaban J connectivity index is 1.94. The van der Waals surface area contributed by atoms with E-state index in [0.717, 1.165) is 40.7 Å². The standard InChI is InChI=1S/C22H27N3O2S2/c1-5-24(6-2)13-14-25(21(26)16-7-9-17(27-3)10-8-16)22-23-19-12-11-18(28-4)15-20(19)29-22/h7-12,15H,5-6,13-14H2,1-4H3. The number of hydrogen-bond acceptors (Lipinski definition) is 6. The number of methoxy groups -OCH3 is 1. The number of hydrogen-bond donors (Lipinski definition) is 0. The third kappa shape index (κ3) is 5.10. The highest BCUT2D eigenvalue weighted by Crippen LogP contribution is 2.32. The van der Waals surface area contributed by atoms with Crippen LogP contribution >= 0.6 is 23.1 Å². The molecule has 3 aromatic rings. The lowest BCUT2D eigenvalue weighted by Gasteiger charge is -2.24. The van der Waals surface area contributed by atoms with Gasteiger partial charge in [-0.25, -0.2) is 4.98 Å². The lowest BCUT2D eigenvalue weighted by molar-refractivity contribution is 0.0983. The van der Waals surface area contributed by atoms with Crippen LogP contribution < -0.4 is 9.64 Å². The predicted molar refractivity (Wildman–Crippen MR) is 124 cm³/mol. The highest BCUT2D eigenvalue weighted by atomic mass is 32.2. The molecule has 0 aliphatic heterocycles. The number of benzene rings is 2. The molecule has 3 rings (SSSR count). The predicted octanol–water partition coefficient (Wildman–Crippen LogP) is 5.02. The van der Waals surface area contributed by atoms with E-state index in [1.165, 1.54) is 4.90 Å². The maximum Gasteiger partial charge on any atom is 0.260 e. The molecule has 29 heavy (non-hydrogen) atoms. The Kier molecular flexibility index (Phi) is 7.52. The average Bonchev–Trinajstić information content (AvgIpc) is 3.19. The molecule has 1 amide bonds. The summed E-state index contributed by atoms with van der Waals surface area (Å²) < 4.78 is 6.32. The van der Waals surface area contributed by atoms with Gasteiger partial charge in [-0.05, 0) is 61.8 Å². The molecule has 0 fully saturated rings. The smallest absolute Gasteiger partial charge is 0.260 e. The van der Waals surface area contributed by atoms with Crippen LogP contribution in [0.2, 0.25) is 0 Å². The number of amides is 1. The highest BCUT2D eigenvalue weighted by molar-refractivity contribution is 7.98. The van der Waals surface area contributed by atoms with E-state index >= 15 is 0 Å². The molecule has 0 atom stereocenters. The van der Waals surface area contributed by atoms with Gasteiger partial charge in [0.1, 0.15) is 5.75 Å². The van der Waals surface area contributed by atoms with E-state index in [-0.39, 0.29) is 5.91 Å². The molecule has 0 saturated heterocycles. The number of carbonyl (C=O) groups excluding carboxylic acids is 1. The lowest BCUT2D eigenvalue weighted by Crippen LogP contribution is -2.38. The Bertz CT molecular complexity index is 952. The van der Waals surface area contributed by atoms with Crippen LogP contribution in [0, 0.1) is 0 Å². The third-order valence-corrected chi connectivity index (χ3v) is 6.70. The van der Waals surface area contributed by atoms with E-state index in [0.29, 0.717) is 12.1 Å². The fourth-order valence-corrected chi connectivity index (χ4v) is 4.63. The second-order valence-corrected chi connectivity index (χ2v) is 8.43. The first-order valence-corrected chi connectivity index (χ1v) is 11.8. The number of fused-ring (bicyclic) bond motifs is 1. The Morgan fingerprint density at radius 1 is 1.10 bits per heavy atom. The van der Waals surface area contributed by atoms with Gasteiger partial charge in [-0.1, -0.05) is 25.2 Å². The van der Waals surface area contributed by atoms with Crippen molar-refractivity contribution in [3.8, 4) is 5.75 Å². The summed E-state index contributed by atoms with van der Waals surface area (Å²) in [6.07, 6.45) is 2.06.